The van der Waals surface area contributed by atoms with Gasteiger partial charge < -0.3 is 20.1 Å². The fourth-order valence-electron chi connectivity index (χ4n) is 4.69. The van der Waals surface area contributed by atoms with Crippen LogP contribution in [0.3, 0.4) is 0 Å². The highest BCUT2D eigenvalue weighted by Crippen LogP contribution is 2.34. The van der Waals surface area contributed by atoms with Crippen LogP contribution in [0.2, 0.25) is 0 Å². The number of fused-ring (bicyclic) bond motifs is 2. The number of nitrogens with zero attached hydrogens (tertiary/aromatic N) is 3. The van der Waals surface area contributed by atoms with Gasteiger partial charge in [0.25, 0.3) is 5.89 Å². The van der Waals surface area contributed by atoms with Gasteiger partial charge in [-0.2, -0.15) is 4.98 Å². The van der Waals surface area contributed by atoms with Crippen LogP contribution < -0.4 is 10.6 Å². The lowest BCUT2D eigenvalue weighted by Gasteiger charge is -2.36. The van der Waals surface area contributed by atoms with Gasteiger partial charge in [-0.3, -0.25) is 0 Å². The Morgan fingerprint density at radius 3 is 2.50 bits per heavy atom. The number of aromatic nitrogens is 2. The highest BCUT2D eigenvalue weighted by Gasteiger charge is 2.38. The number of benzene rings is 2. The Hall–Kier alpha value is -3.19. The van der Waals surface area contributed by atoms with E-state index in [0.29, 0.717) is 35.0 Å². The van der Waals surface area contributed by atoms with Crippen molar-refractivity contribution in [3.63, 3.8) is 0 Å². The summed E-state index contributed by atoms with van der Waals surface area (Å²) >= 11 is 0. The van der Waals surface area contributed by atoms with Gasteiger partial charge in [0.05, 0.1) is 11.3 Å². The van der Waals surface area contributed by atoms with Crippen molar-refractivity contribution < 1.29 is 9.32 Å². The third-order valence-corrected chi connectivity index (χ3v) is 6.30. The summed E-state index contributed by atoms with van der Waals surface area (Å²) in [7, 11) is 2.20. The predicted molar refractivity (Wildman–Crippen MR) is 115 cm³/mol. The minimum absolute atomic E-state index is 0.195. The SMILES string of the molecule is CN1C2CCC1CC(NC(=O)Nc1ccccc1-c1nc(-c3ccccc3)no1)C2. The molecule has 1 aromatic heterocycles. The van der Waals surface area contributed by atoms with Gasteiger partial charge in [-0.1, -0.05) is 47.6 Å². The van der Waals surface area contributed by atoms with Crippen molar-refractivity contribution in [1.82, 2.24) is 20.4 Å². The summed E-state index contributed by atoms with van der Waals surface area (Å²) in [5.41, 5.74) is 2.23. The highest BCUT2D eigenvalue weighted by molar-refractivity contribution is 5.93. The maximum Gasteiger partial charge on any atom is 0.319 e. The van der Waals surface area contributed by atoms with Crippen LogP contribution in [-0.4, -0.2) is 46.2 Å². The summed E-state index contributed by atoms with van der Waals surface area (Å²) in [6.07, 6.45) is 4.47. The quantitative estimate of drug-likeness (QED) is 0.684. The number of piperidine rings is 1. The molecule has 7 heteroatoms. The third kappa shape index (κ3) is 3.68. The minimum atomic E-state index is -0.195. The Morgan fingerprint density at radius 1 is 1.03 bits per heavy atom. The van der Waals surface area contributed by atoms with E-state index in [4.69, 9.17) is 4.52 Å². The van der Waals surface area contributed by atoms with Gasteiger partial charge in [0.1, 0.15) is 0 Å². The van der Waals surface area contributed by atoms with Crippen LogP contribution in [0.1, 0.15) is 25.7 Å². The normalized spacial score (nSPS) is 23.3. The first kappa shape index (κ1) is 18.8. The van der Waals surface area contributed by atoms with Crippen LogP contribution in [0.25, 0.3) is 22.8 Å². The summed E-state index contributed by atoms with van der Waals surface area (Å²) in [4.78, 5) is 19.7. The zero-order chi connectivity index (χ0) is 20.5. The van der Waals surface area contributed by atoms with Crippen LogP contribution >= 0.6 is 0 Å². The van der Waals surface area contributed by atoms with Gasteiger partial charge in [0, 0.05) is 23.7 Å². The van der Waals surface area contributed by atoms with E-state index in [9.17, 15) is 4.79 Å². The van der Waals surface area contributed by atoms with Crippen molar-refractivity contribution in [1.29, 1.82) is 0 Å². The van der Waals surface area contributed by atoms with E-state index in [1.165, 1.54) is 12.8 Å². The van der Waals surface area contributed by atoms with Crippen molar-refractivity contribution in [3.8, 4) is 22.8 Å². The van der Waals surface area contributed by atoms with Crippen molar-refractivity contribution in [2.24, 2.45) is 0 Å². The number of nitrogens with one attached hydrogen (secondary N) is 2. The zero-order valence-corrected chi connectivity index (χ0v) is 16.9. The molecule has 7 nitrogen and oxygen atoms in total. The molecule has 5 rings (SSSR count). The first-order valence-corrected chi connectivity index (χ1v) is 10.5. The molecule has 2 N–H and O–H groups in total. The largest absolute Gasteiger partial charge is 0.335 e. The molecule has 0 saturated carbocycles. The summed E-state index contributed by atoms with van der Waals surface area (Å²) in [5.74, 6) is 0.897. The van der Waals surface area contributed by atoms with E-state index in [0.717, 1.165) is 18.4 Å². The average molecular weight is 403 g/mol. The van der Waals surface area contributed by atoms with Crippen LogP contribution in [0.4, 0.5) is 10.5 Å². The second-order valence-electron chi connectivity index (χ2n) is 8.15. The molecule has 2 saturated heterocycles. The molecule has 2 atom stereocenters. The van der Waals surface area contributed by atoms with E-state index in [-0.39, 0.29) is 12.1 Å². The van der Waals surface area contributed by atoms with Crippen LogP contribution in [0.15, 0.2) is 59.1 Å². The van der Waals surface area contributed by atoms with Gasteiger partial charge >= 0.3 is 6.03 Å². The highest BCUT2D eigenvalue weighted by atomic mass is 16.5. The fraction of sp³-hybridized carbons (Fsp3) is 0.348. The fourth-order valence-corrected chi connectivity index (χ4v) is 4.69. The number of carbonyl (C=O) groups is 1. The number of hydrogen-bond acceptors (Lipinski definition) is 5. The van der Waals surface area contributed by atoms with Gasteiger partial charge in [0.15, 0.2) is 0 Å². The Bertz CT molecular complexity index is 1020. The van der Waals surface area contributed by atoms with Gasteiger partial charge in [0.2, 0.25) is 5.82 Å². The molecule has 0 spiro atoms. The van der Waals surface area contributed by atoms with Crippen molar-refractivity contribution in [3.05, 3.63) is 54.6 Å². The Balaban J connectivity index is 1.30. The molecule has 2 unspecified atom stereocenters. The molecule has 3 aromatic rings. The first-order valence-electron chi connectivity index (χ1n) is 10.5. The number of para-hydroxylation sites is 1. The molecule has 2 aliphatic heterocycles. The second kappa shape index (κ2) is 7.91. The minimum Gasteiger partial charge on any atom is -0.335 e. The third-order valence-electron chi connectivity index (χ3n) is 6.30. The second-order valence-corrected chi connectivity index (χ2v) is 8.15. The monoisotopic (exact) mass is 403 g/mol. The molecule has 0 aliphatic carbocycles. The van der Waals surface area contributed by atoms with E-state index in [2.05, 4.69) is 32.7 Å². The van der Waals surface area contributed by atoms with Crippen LogP contribution in [0, 0.1) is 0 Å². The summed E-state index contributed by atoms with van der Waals surface area (Å²) in [5, 5.41) is 10.2. The van der Waals surface area contributed by atoms with Crippen molar-refractivity contribution in [2.75, 3.05) is 12.4 Å². The first-order chi connectivity index (χ1) is 14.7. The van der Waals surface area contributed by atoms with Crippen molar-refractivity contribution >= 4 is 11.7 Å². The summed E-state index contributed by atoms with van der Waals surface area (Å²) in [6, 6.07) is 18.3. The van der Waals surface area contributed by atoms with E-state index < -0.39 is 0 Å². The molecule has 2 aromatic carbocycles. The predicted octanol–water partition coefficient (Wildman–Crippen LogP) is 4.15. The average Bonchev–Trinajstić information content (AvgIpc) is 3.31. The standard InChI is InChI=1S/C23H25N5O2/c1-28-17-11-12-18(28)14-16(13-17)24-23(29)25-20-10-6-5-9-19(20)22-26-21(27-30-22)15-7-3-2-4-8-15/h2-10,16-18H,11-14H2,1H3,(H2,24,25,29). The molecule has 0 radical (unpaired) electrons. The lowest BCUT2D eigenvalue weighted by molar-refractivity contribution is 0.151. The van der Waals surface area contributed by atoms with Crippen LogP contribution in [0.5, 0.6) is 0 Å². The Kier molecular flexibility index (Phi) is 4.96. The topological polar surface area (TPSA) is 83.3 Å². The molecule has 2 bridgehead atoms. The zero-order valence-electron chi connectivity index (χ0n) is 16.9. The van der Waals surface area contributed by atoms with Gasteiger partial charge in [-0.25, -0.2) is 4.79 Å². The number of urea groups is 1. The lowest BCUT2D eigenvalue weighted by Crippen LogP contribution is -2.49. The smallest absolute Gasteiger partial charge is 0.319 e. The van der Waals surface area contributed by atoms with Gasteiger partial charge in [-0.05, 0) is 44.9 Å². The maximum absolute atomic E-state index is 12.7. The Morgan fingerprint density at radius 2 is 1.73 bits per heavy atom. The number of rotatable bonds is 4. The van der Waals surface area contributed by atoms with E-state index in [1.807, 2.05) is 54.6 Å². The molecular formula is C23H25N5O2. The maximum atomic E-state index is 12.7. The van der Waals surface area contributed by atoms with E-state index in [1.54, 1.807) is 0 Å². The van der Waals surface area contributed by atoms with Crippen molar-refractivity contribution in [2.45, 2.75) is 43.8 Å². The Labute approximate surface area is 175 Å². The molecule has 2 amide bonds. The van der Waals surface area contributed by atoms with E-state index >= 15 is 0 Å². The van der Waals surface area contributed by atoms with Gasteiger partial charge in [-0.15, -0.1) is 0 Å². The number of hydrogen-bond donors (Lipinski definition) is 2. The molecular weight excluding hydrogens is 378 g/mol. The van der Waals surface area contributed by atoms with Crippen LogP contribution in [-0.2, 0) is 0 Å². The molecule has 30 heavy (non-hydrogen) atoms. The molecule has 2 aliphatic rings. The lowest BCUT2D eigenvalue weighted by atomic mass is 9.98. The molecule has 3 heterocycles. The summed E-state index contributed by atoms with van der Waals surface area (Å²) < 4.78 is 5.49. The molecule has 2 fully saturated rings. The summed E-state index contributed by atoms with van der Waals surface area (Å²) in [6.45, 7) is 0. The number of amides is 2. The molecule has 154 valence electrons. The number of carbonyl (C=O) groups excluding carboxylic acids is 1. The number of anilines is 1.